The Morgan fingerprint density at radius 2 is 1.31 bits per heavy atom. The van der Waals surface area contributed by atoms with Crippen molar-refractivity contribution in [2.75, 3.05) is 0 Å². The first-order chi connectivity index (χ1) is 4.71. The Kier molecular flexibility index (Phi) is 20.3. The largest absolute Gasteiger partial charge is 1.00 e. The molecule has 2 N–H and O–H groups in total. The van der Waals surface area contributed by atoms with Crippen LogP contribution in [0, 0.1) is 0 Å². The molecule has 0 saturated carbocycles. The van der Waals surface area contributed by atoms with Gasteiger partial charge in [-0.25, -0.2) is 4.57 Å². The van der Waals surface area contributed by atoms with Gasteiger partial charge in [-0.15, -0.1) is 0 Å². The molecule has 13 heavy (non-hydrogen) atoms. The zero-order chi connectivity index (χ0) is 9.71. The van der Waals surface area contributed by atoms with E-state index in [0.29, 0.717) is 0 Å². The number of phosphoric acid groups is 2. The molecule has 0 aliphatic rings. The summed E-state index contributed by atoms with van der Waals surface area (Å²) >= 11 is 0. The SMILES string of the molecule is CC.O=P([O-])([O-])OP(=O)(O)O.[Na+].[Na+]. The fourth-order valence-corrected chi connectivity index (χ4v) is 1.17. The van der Waals surface area contributed by atoms with Crippen molar-refractivity contribution >= 4 is 15.6 Å². The summed E-state index contributed by atoms with van der Waals surface area (Å²) in [5, 5.41) is 0. The third-order valence-electron chi connectivity index (χ3n) is 0.206. The molecular formula is C2H8Na2O7P2. The molecule has 0 aliphatic heterocycles. The molecule has 0 atom stereocenters. The van der Waals surface area contributed by atoms with Crippen LogP contribution < -0.4 is 68.9 Å². The summed E-state index contributed by atoms with van der Waals surface area (Å²) in [5.74, 6) is 0. The third-order valence-corrected chi connectivity index (χ3v) is 1.86. The van der Waals surface area contributed by atoms with E-state index in [4.69, 9.17) is 9.79 Å². The molecule has 0 bridgehead atoms. The standard InChI is InChI=1S/C2H6.2Na.H4O7P2/c1-2;;;1-8(2,3)7-9(4,5)6/h1-2H3;;;(H2,1,2,3)(H2,4,5,6)/q;2*+1;/p-2. The predicted octanol–water partition coefficient (Wildman–Crippen LogP) is -7.04. The molecular weight excluding hydrogens is 244 g/mol. The average Bonchev–Trinajstić information content (AvgIpc) is 1.60. The Balaban J connectivity index is -0.0000000941. The van der Waals surface area contributed by atoms with Gasteiger partial charge in [-0.05, 0) is 0 Å². The molecule has 0 radical (unpaired) electrons. The molecule has 0 heterocycles. The van der Waals surface area contributed by atoms with Crippen LogP contribution in [-0.2, 0) is 13.4 Å². The van der Waals surface area contributed by atoms with Crippen LogP contribution in [0.1, 0.15) is 13.8 Å². The van der Waals surface area contributed by atoms with Crippen LogP contribution in [0.15, 0.2) is 0 Å². The van der Waals surface area contributed by atoms with Crippen LogP contribution >= 0.6 is 15.6 Å². The summed E-state index contributed by atoms with van der Waals surface area (Å²) in [5.41, 5.74) is 0. The maximum atomic E-state index is 9.55. The summed E-state index contributed by atoms with van der Waals surface area (Å²) in [6, 6.07) is 0. The fourth-order valence-electron chi connectivity index (χ4n) is 0.130. The van der Waals surface area contributed by atoms with E-state index in [1.54, 1.807) is 0 Å². The predicted molar refractivity (Wildman–Crippen MR) is 32.1 cm³/mol. The topological polar surface area (TPSA) is 130 Å². The molecule has 0 fully saturated rings. The van der Waals surface area contributed by atoms with E-state index in [2.05, 4.69) is 4.31 Å². The van der Waals surface area contributed by atoms with Crippen LogP contribution in [-0.4, -0.2) is 9.79 Å². The Hall–Kier alpha value is 2.26. The van der Waals surface area contributed by atoms with Crippen LogP contribution in [0.5, 0.6) is 0 Å². The molecule has 0 spiro atoms. The van der Waals surface area contributed by atoms with Gasteiger partial charge in [-0.2, -0.15) is 0 Å². The second-order valence-corrected chi connectivity index (χ2v) is 3.55. The molecule has 0 aromatic carbocycles. The van der Waals surface area contributed by atoms with Crippen molar-refractivity contribution in [3.8, 4) is 0 Å². The van der Waals surface area contributed by atoms with Gasteiger partial charge in [0, 0.05) is 0 Å². The zero-order valence-electron chi connectivity index (χ0n) is 7.83. The third kappa shape index (κ3) is 31.4. The van der Waals surface area contributed by atoms with Gasteiger partial charge in [-0.3, -0.25) is 4.31 Å². The van der Waals surface area contributed by atoms with Crippen LogP contribution in [0.2, 0.25) is 0 Å². The minimum atomic E-state index is -5.55. The molecule has 7 nitrogen and oxygen atoms in total. The van der Waals surface area contributed by atoms with Crippen molar-refractivity contribution in [1.29, 1.82) is 0 Å². The van der Waals surface area contributed by atoms with Crippen molar-refractivity contribution < 1.29 is 92.1 Å². The summed E-state index contributed by atoms with van der Waals surface area (Å²) < 4.78 is 21.7. The first kappa shape index (κ1) is 24.5. The molecule has 0 rings (SSSR count). The quantitative estimate of drug-likeness (QED) is 0.369. The van der Waals surface area contributed by atoms with Gasteiger partial charge in [0.25, 0.3) is 0 Å². The van der Waals surface area contributed by atoms with Gasteiger partial charge in [0.2, 0.25) is 0 Å². The van der Waals surface area contributed by atoms with Crippen molar-refractivity contribution in [2.45, 2.75) is 13.8 Å². The minimum absolute atomic E-state index is 0. The number of hydrogen-bond acceptors (Lipinski definition) is 5. The molecule has 0 aliphatic carbocycles. The van der Waals surface area contributed by atoms with Gasteiger partial charge in [0.15, 0.2) is 0 Å². The molecule has 0 aromatic heterocycles. The second kappa shape index (κ2) is 10.8. The van der Waals surface area contributed by atoms with E-state index in [-0.39, 0.29) is 59.1 Å². The monoisotopic (exact) mass is 252 g/mol. The van der Waals surface area contributed by atoms with Crippen molar-refractivity contribution in [2.24, 2.45) is 0 Å². The summed E-state index contributed by atoms with van der Waals surface area (Å²) in [6.07, 6.45) is 0. The maximum Gasteiger partial charge on any atom is 1.00 e. The molecule has 70 valence electrons. The van der Waals surface area contributed by atoms with Crippen molar-refractivity contribution in [3.63, 3.8) is 0 Å². The van der Waals surface area contributed by atoms with E-state index in [0.717, 1.165) is 0 Å². The van der Waals surface area contributed by atoms with E-state index in [9.17, 15) is 18.9 Å². The minimum Gasteiger partial charge on any atom is -0.789 e. The van der Waals surface area contributed by atoms with Crippen molar-refractivity contribution in [3.05, 3.63) is 0 Å². The molecule has 0 aromatic rings. The fraction of sp³-hybridized carbons (Fsp3) is 1.00. The van der Waals surface area contributed by atoms with E-state index in [1.807, 2.05) is 13.8 Å². The second-order valence-electron chi connectivity index (χ2n) is 1.02. The van der Waals surface area contributed by atoms with E-state index in [1.165, 1.54) is 0 Å². The normalized spacial score (nSPS) is 10.0. The smallest absolute Gasteiger partial charge is 0.789 e. The summed E-state index contributed by atoms with van der Waals surface area (Å²) in [7, 11) is -10.7. The number of hydrogen-bond donors (Lipinski definition) is 2. The van der Waals surface area contributed by atoms with Gasteiger partial charge in [-0.1, -0.05) is 13.8 Å². The van der Waals surface area contributed by atoms with E-state index >= 15 is 0 Å². The van der Waals surface area contributed by atoms with Crippen LogP contribution in [0.4, 0.5) is 0 Å². The van der Waals surface area contributed by atoms with E-state index < -0.39 is 15.6 Å². The van der Waals surface area contributed by atoms with Gasteiger partial charge in [0.05, 0.1) is 7.82 Å². The zero-order valence-corrected chi connectivity index (χ0v) is 13.6. The Morgan fingerprint density at radius 1 is 1.08 bits per heavy atom. The van der Waals surface area contributed by atoms with Gasteiger partial charge in [0.1, 0.15) is 0 Å². The van der Waals surface area contributed by atoms with Gasteiger partial charge < -0.3 is 24.1 Å². The van der Waals surface area contributed by atoms with Crippen molar-refractivity contribution in [1.82, 2.24) is 0 Å². The van der Waals surface area contributed by atoms with Gasteiger partial charge >= 0.3 is 66.9 Å². The molecule has 11 heteroatoms. The molecule has 0 unspecified atom stereocenters. The Labute approximate surface area is 120 Å². The summed E-state index contributed by atoms with van der Waals surface area (Å²) in [4.78, 5) is 34.1. The average molecular weight is 252 g/mol. The molecule has 0 saturated heterocycles. The maximum absolute atomic E-state index is 9.55. The first-order valence-electron chi connectivity index (χ1n) is 2.50. The first-order valence-corrected chi connectivity index (χ1v) is 5.49. The molecule has 0 amide bonds. The Bertz CT molecular complexity index is 163. The summed E-state index contributed by atoms with van der Waals surface area (Å²) in [6.45, 7) is 4.00. The van der Waals surface area contributed by atoms with Crippen LogP contribution in [0.3, 0.4) is 0 Å². The van der Waals surface area contributed by atoms with Crippen LogP contribution in [0.25, 0.3) is 0 Å². The number of rotatable bonds is 2. The Morgan fingerprint density at radius 3 is 1.31 bits per heavy atom.